The number of benzene rings is 1. The minimum Gasteiger partial charge on any atom is -0.342 e. The van der Waals surface area contributed by atoms with E-state index in [1.165, 1.54) is 6.07 Å². The van der Waals surface area contributed by atoms with Gasteiger partial charge in [0.25, 0.3) is 5.69 Å². The lowest BCUT2D eigenvalue weighted by Crippen LogP contribution is -2.38. The fourth-order valence-corrected chi connectivity index (χ4v) is 2.37. The fraction of sp³-hybridized carbons (Fsp3) is 0.500. The maximum atomic E-state index is 12.2. The van der Waals surface area contributed by atoms with Gasteiger partial charge in [-0.2, -0.15) is 0 Å². The number of carbonyl (C=O) groups excluding carboxylic acids is 1. The Morgan fingerprint density at radius 3 is 2.63 bits per heavy atom. The Hall–Kier alpha value is -1.91. The van der Waals surface area contributed by atoms with Crippen molar-refractivity contribution in [3.05, 3.63) is 39.9 Å². The number of nitrogens with zero attached hydrogens (tertiary/aromatic N) is 2. The second-order valence-electron chi connectivity index (χ2n) is 5.13. The van der Waals surface area contributed by atoms with E-state index in [2.05, 4.69) is 6.92 Å². The molecule has 0 aliphatic carbocycles. The predicted octanol–water partition coefficient (Wildman–Crippen LogP) is 2.40. The van der Waals surface area contributed by atoms with Crippen molar-refractivity contribution in [1.29, 1.82) is 0 Å². The lowest BCUT2D eigenvalue weighted by molar-refractivity contribution is -0.385. The van der Waals surface area contributed by atoms with Gasteiger partial charge in [0.2, 0.25) is 5.91 Å². The van der Waals surface area contributed by atoms with Crippen LogP contribution in [0.2, 0.25) is 0 Å². The first-order chi connectivity index (χ1) is 9.08. The summed E-state index contributed by atoms with van der Waals surface area (Å²) in [4.78, 5) is 24.4. The molecule has 1 aromatic rings. The number of carbonyl (C=O) groups is 1. The zero-order valence-electron chi connectivity index (χ0n) is 11.0. The lowest BCUT2D eigenvalue weighted by atomic mass is 9.98. The molecule has 5 nitrogen and oxygen atoms in total. The van der Waals surface area contributed by atoms with Gasteiger partial charge in [0.1, 0.15) is 0 Å². The average Bonchev–Trinajstić information content (AvgIpc) is 2.39. The molecule has 0 atom stereocenters. The number of nitro groups is 1. The van der Waals surface area contributed by atoms with Gasteiger partial charge in [-0.25, -0.2) is 0 Å². The van der Waals surface area contributed by atoms with Crippen molar-refractivity contribution in [3.63, 3.8) is 0 Å². The van der Waals surface area contributed by atoms with Crippen LogP contribution in [0.4, 0.5) is 5.69 Å². The van der Waals surface area contributed by atoms with Gasteiger partial charge in [-0.3, -0.25) is 14.9 Å². The SMILES string of the molecule is CC1CCN(C(=O)Cc2ccccc2[N+](=O)[O-])CC1. The lowest BCUT2D eigenvalue weighted by Gasteiger charge is -2.30. The minimum atomic E-state index is -0.430. The first kappa shape index (κ1) is 13.5. The molecule has 2 rings (SSSR count). The molecule has 0 radical (unpaired) electrons. The van der Waals surface area contributed by atoms with Gasteiger partial charge in [0, 0.05) is 24.7 Å². The van der Waals surface area contributed by atoms with Gasteiger partial charge >= 0.3 is 0 Å². The van der Waals surface area contributed by atoms with Crippen LogP contribution in [0.25, 0.3) is 0 Å². The zero-order valence-corrected chi connectivity index (χ0v) is 11.0. The molecule has 0 N–H and O–H groups in total. The topological polar surface area (TPSA) is 63.5 Å². The van der Waals surface area contributed by atoms with E-state index < -0.39 is 4.92 Å². The maximum Gasteiger partial charge on any atom is 0.273 e. The van der Waals surface area contributed by atoms with Crippen molar-refractivity contribution in [3.8, 4) is 0 Å². The molecule has 1 saturated heterocycles. The van der Waals surface area contributed by atoms with E-state index in [4.69, 9.17) is 0 Å². The van der Waals surface area contributed by atoms with E-state index in [0.29, 0.717) is 11.5 Å². The van der Waals surface area contributed by atoms with Crippen LogP contribution < -0.4 is 0 Å². The quantitative estimate of drug-likeness (QED) is 0.620. The molecule has 0 aromatic heterocycles. The molecule has 102 valence electrons. The Balaban J connectivity index is 2.05. The predicted molar refractivity (Wildman–Crippen MR) is 71.8 cm³/mol. The van der Waals surface area contributed by atoms with Crippen LogP contribution >= 0.6 is 0 Å². The number of nitro benzene ring substituents is 1. The molecule has 1 aliphatic rings. The van der Waals surface area contributed by atoms with Crippen molar-refractivity contribution in [2.75, 3.05) is 13.1 Å². The summed E-state index contributed by atoms with van der Waals surface area (Å²) in [7, 11) is 0. The summed E-state index contributed by atoms with van der Waals surface area (Å²) in [5.74, 6) is 0.649. The molecule has 1 fully saturated rings. The van der Waals surface area contributed by atoms with E-state index in [9.17, 15) is 14.9 Å². The molecule has 1 aliphatic heterocycles. The number of piperidine rings is 1. The molecular formula is C14H18N2O3. The second kappa shape index (κ2) is 5.82. The van der Waals surface area contributed by atoms with Crippen LogP contribution in [0.1, 0.15) is 25.3 Å². The summed E-state index contributed by atoms with van der Waals surface area (Å²) in [5, 5.41) is 10.9. The zero-order chi connectivity index (χ0) is 13.8. The Labute approximate surface area is 112 Å². The molecule has 0 unspecified atom stereocenters. The summed E-state index contributed by atoms with van der Waals surface area (Å²) in [5.41, 5.74) is 0.525. The van der Waals surface area contributed by atoms with E-state index in [0.717, 1.165) is 25.9 Å². The normalized spacial score (nSPS) is 16.4. The molecule has 1 aromatic carbocycles. The molecule has 1 amide bonds. The smallest absolute Gasteiger partial charge is 0.273 e. The summed E-state index contributed by atoms with van der Waals surface area (Å²) < 4.78 is 0. The average molecular weight is 262 g/mol. The largest absolute Gasteiger partial charge is 0.342 e. The monoisotopic (exact) mass is 262 g/mol. The van der Waals surface area contributed by atoms with Crippen molar-refractivity contribution >= 4 is 11.6 Å². The number of para-hydroxylation sites is 1. The standard InChI is InChI=1S/C14H18N2O3/c1-11-6-8-15(9-7-11)14(17)10-12-4-2-3-5-13(12)16(18)19/h2-5,11H,6-10H2,1H3. The van der Waals surface area contributed by atoms with E-state index in [1.807, 2.05) is 4.90 Å². The maximum absolute atomic E-state index is 12.2. The molecule has 1 heterocycles. The third-order valence-electron chi connectivity index (χ3n) is 3.67. The summed E-state index contributed by atoms with van der Waals surface area (Å²) in [6.45, 7) is 3.71. The second-order valence-corrected chi connectivity index (χ2v) is 5.13. The Morgan fingerprint density at radius 1 is 1.37 bits per heavy atom. The number of amides is 1. The first-order valence-electron chi connectivity index (χ1n) is 6.58. The number of hydrogen-bond donors (Lipinski definition) is 0. The Kier molecular flexibility index (Phi) is 4.14. The first-order valence-corrected chi connectivity index (χ1v) is 6.58. The van der Waals surface area contributed by atoms with E-state index in [1.54, 1.807) is 18.2 Å². The highest BCUT2D eigenvalue weighted by atomic mass is 16.6. The highest BCUT2D eigenvalue weighted by Crippen LogP contribution is 2.21. The molecule has 0 saturated carbocycles. The Morgan fingerprint density at radius 2 is 2.00 bits per heavy atom. The third-order valence-corrected chi connectivity index (χ3v) is 3.67. The van der Waals surface area contributed by atoms with Crippen LogP contribution in [-0.4, -0.2) is 28.8 Å². The molecule has 0 bridgehead atoms. The third kappa shape index (κ3) is 3.30. The van der Waals surface area contributed by atoms with E-state index >= 15 is 0 Å². The molecule has 0 spiro atoms. The Bertz CT molecular complexity index is 479. The van der Waals surface area contributed by atoms with Gasteiger partial charge < -0.3 is 4.90 Å². The van der Waals surface area contributed by atoms with Gasteiger partial charge in [-0.05, 0) is 18.8 Å². The summed E-state index contributed by atoms with van der Waals surface area (Å²) in [6, 6.07) is 6.45. The van der Waals surface area contributed by atoms with Crippen molar-refractivity contribution in [2.45, 2.75) is 26.2 Å². The van der Waals surface area contributed by atoms with Crippen molar-refractivity contribution < 1.29 is 9.72 Å². The van der Waals surface area contributed by atoms with E-state index in [-0.39, 0.29) is 18.0 Å². The van der Waals surface area contributed by atoms with Crippen LogP contribution in [0.3, 0.4) is 0 Å². The highest BCUT2D eigenvalue weighted by Gasteiger charge is 2.22. The van der Waals surface area contributed by atoms with Crippen molar-refractivity contribution in [1.82, 2.24) is 4.90 Å². The number of hydrogen-bond acceptors (Lipinski definition) is 3. The molecule has 19 heavy (non-hydrogen) atoms. The number of rotatable bonds is 3. The highest BCUT2D eigenvalue weighted by molar-refractivity contribution is 5.80. The van der Waals surface area contributed by atoms with Crippen LogP contribution in [0.5, 0.6) is 0 Å². The van der Waals surface area contributed by atoms with Gasteiger partial charge in [0.05, 0.1) is 11.3 Å². The molecule has 5 heteroatoms. The van der Waals surface area contributed by atoms with Gasteiger partial charge in [0.15, 0.2) is 0 Å². The summed E-state index contributed by atoms with van der Waals surface area (Å²) in [6.07, 6.45) is 2.15. The number of likely N-dealkylation sites (tertiary alicyclic amines) is 1. The van der Waals surface area contributed by atoms with Crippen LogP contribution in [-0.2, 0) is 11.2 Å². The van der Waals surface area contributed by atoms with Gasteiger partial charge in [-0.1, -0.05) is 25.1 Å². The van der Waals surface area contributed by atoms with Crippen LogP contribution in [0.15, 0.2) is 24.3 Å². The van der Waals surface area contributed by atoms with Crippen molar-refractivity contribution in [2.24, 2.45) is 5.92 Å². The fourth-order valence-electron chi connectivity index (χ4n) is 2.37. The molecular weight excluding hydrogens is 244 g/mol. The van der Waals surface area contributed by atoms with Crippen LogP contribution in [0, 0.1) is 16.0 Å². The minimum absolute atomic E-state index is 0.0128. The summed E-state index contributed by atoms with van der Waals surface area (Å²) >= 11 is 0. The van der Waals surface area contributed by atoms with Gasteiger partial charge in [-0.15, -0.1) is 0 Å².